The van der Waals surface area contributed by atoms with Gasteiger partial charge < -0.3 is 10.5 Å². The predicted molar refractivity (Wildman–Crippen MR) is 112 cm³/mol. The van der Waals surface area contributed by atoms with E-state index in [2.05, 4.69) is 22.6 Å². The number of rotatable bonds is 6. The topological polar surface area (TPSA) is 77.6 Å². The molecule has 3 N–H and O–H groups in total. The molecule has 3 aromatic rings. The second kappa shape index (κ2) is 8.49. The van der Waals surface area contributed by atoms with Crippen molar-refractivity contribution >= 4 is 5.69 Å². The van der Waals surface area contributed by atoms with Crippen molar-refractivity contribution in [2.45, 2.75) is 38.8 Å². The van der Waals surface area contributed by atoms with Gasteiger partial charge in [-0.1, -0.05) is 36.4 Å². The third kappa shape index (κ3) is 4.06. The minimum Gasteiger partial charge on any atom is -0.595 e. The molecule has 0 amide bonds. The van der Waals surface area contributed by atoms with Gasteiger partial charge in [0.05, 0.1) is 5.69 Å². The van der Waals surface area contributed by atoms with Crippen molar-refractivity contribution in [1.82, 2.24) is 15.1 Å². The van der Waals surface area contributed by atoms with Crippen LogP contribution in [0.3, 0.4) is 0 Å². The SMILES string of the molecule is Cc1nn(-c2ccccc2[NH+]([O-])O)c(C)c1[C@H]1C=C[C@@H](NCc2ccc(F)cc2)C1. The summed E-state index contributed by atoms with van der Waals surface area (Å²) in [7, 11) is 0. The van der Waals surface area contributed by atoms with E-state index >= 15 is 0 Å². The molecule has 1 aliphatic carbocycles. The summed E-state index contributed by atoms with van der Waals surface area (Å²) in [4.78, 5) is 0. The monoisotopic (exact) mass is 408 g/mol. The summed E-state index contributed by atoms with van der Waals surface area (Å²) in [5.74, 6) is -0.0199. The van der Waals surface area contributed by atoms with Crippen molar-refractivity contribution in [3.05, 3.63) is 94.2 Å². The zero-order valence-corrected chi connectivity index (χ0v) is 17.0. The summed E-state index contributed by atoms with van der Waals surface area (Å²) in [6.07, 6.45) is 5.25. The maximum Gasteiger partial charge on any atom is 0.189 e. The highest BCUT2D eigenvalue weighted by Crippen LogP contribution is 2.34. The number of hydrogen-bond acceptors (Lipinski definition) is 4. The van der Waals surface area contributed by atoms with E-state index in [1.165, 1.54) is 12.1 Å². The first-order valence-electron chi connectivity index (χ1n) is 9.99. The minimum absolute atomic E-state index is 0.210. The van der Waals surface area contributed by atoms with Crippen LogP contribution in [-0.2, 0) is 6.54 Å². The lowest BCUT2D eigenvalue weighted by Crippen LogP contribution is -2.99. The van der Waals surface area contributed by atoms with Gasteiger partial charge in [0.25, 0.3) is 0 Å². The highest BCUT2D eigenvalue weighted by Gasteiger charge is 2.27. The molecule has 1 heterocycles. The van der Waals surface area contributed by atoms with Gasteiger partial charge in [0.1, 0.15) is 11.5 Å². The average molecular weight is 408 g/mol. The van der Waals surface area contributed by atoms with Crippen molar-refractivity contribution < 1.29 is 14.8 Å². The van der Waals surface area contributed by atoms with E-state index in [-0.39, 0.29) is 23.5 Å². The minimum atomic E-state index is -0.967. The number of hydrogen-bond donors (Lipinski definition) is 3. The average Bonchev–Trinajstić information content (AvgIpc) is 3.31. The van der Waals surface area contributed by atoms with Crippen LogP contribution in [0.5, 0.6) is 0 Å². The van der Waals surface area contributed by atoms with Crippen LogP contribution in [-0.4, -0.2) is 21.0 Å². The van der Waals surface area contributed by atoms with E-state index in [0.717, 1.165) is 28.9 Å². The van der Waals surface area contributed by atoms with Crippen LogP contribution >= 0.6 is 0 Å². The van der Waals surface area contributed by atoms with Crippen LogP contribution in [0, 0.1) is 24.9 Å². The lowest BCUT2D eigenvalue weighted by Gasteiger charge is -2.17. The van der Waals surface area contributed by atoms with Gasteiger partial charge in [-0.2, -0.15) is 10.3 Å². The number of aryl methyl sites for hydroxylation is 1. The molecule has 7 heteroatoms. The second-order valence-electron chi connectivity index (χ2n) is 7.66. The molecular weight excluding hydrogens is 383 g/mol. The lowest BCUT2D eigenvalue weighted by atomic mass is 9.96. The third-order valence-corrected chi connectivity index (χ3v) is 5.65. The fraction of sp³-hybridized carbons (Fsp3) is 0.261. The Morgan fingerprint density at radius 2 is 1.90 bits per heavy atom. The van der Waals surface area contributed by atoms with Crippen LogP contribution in [0.2, 0.25) is 0 Å². The van der Waals surface area contributed by atoms with Gasteiger partial charge in [-0.05, 0) is 44.0 Å². The molecule has 156 valence electrons. The van der Waals surface area contributed by atoms with Gasteiger partial charge in [-0.25, -0.2) is 14.3 Å². The van der Waals surface area contributed by atoms with Crippen molar-refractivity contribution in [3.63, 3.8) is 0 Å². The summed E-state index contributed by atoms with van der Waals surface area (Å²) in [6.45, 7) is 4.63. The molecule has 30 heavy (non-hydrogen) atoms. The van der Waals surface area contributed by atoms with Gasteiger partial charge in [0.2, 0.25) is 0 Å². The fourth-order valence-corrected chi connectivity index (χ4v) is 4.18. The molecule has 3 atom stereocenters. The van der Waals surface area contributed by atoms with Crippen molar-refractivity contribution in [2.75, 3.05) is 0 Å². The first-order chi connectivity index (χ1) is 14.4. The Morgan fingerprint density at radius 3 is 2.63 bits per heavy atom. The van der Waals surface area contributed by atoms with Crippen LogP contribution in [0.1, 0.15) is 34.9 Å². The first kappa shape index (κ1) is 20.4. The summed E-state index contributed by atoms with van der Waals surface area (Å²) >= 11 is 0. The summed E-state index contributed by atoms with van der Waals surface area (Å²) < 4.78 is 14.8. The number of halogens is 1. The molecule has 0 aliphatic heterocycles. The van der Waals surface area contributed by atoms with Gasteiger partial charge in [-0.15, -0.1) is 0 Å². The molecule has 0 saturated heterocycles. The molecule has 4 rings (SSSR count). The van der Waals surface area contributed by atoms with Crippen LogP contribution < -0.4 is 10.5 Å². The van der Waals surface area contributed by atoms with Gasteiger partial charge in [0, 0.05) is 35.8 Å². The number of allylic oxidation sites excluding steroid dienone is 1. The molecule has 2 aromatic carbocycles. The molecule has 0 saturated carbocycles. The number of quaternary nitrogens is 1. The van der Waals surface area contributed by atoms with Crippen molar-refractivity contribution in [2.24, 2.45) is 0 Å². The lowest BCUT2D eigenvalue weighted by molar-refractivity contribution is -0.991. The fourth-order valence-electron chi connectivity index (χ4n) is 4.18. The first-order valence-corrected chi connectivity index (χ1v) is 9.99. The Morgan fingerprint density at radius 1 is 1.17 bits per heavy atom. The normalized spacial score (nSPS) is 19.4. The third-order valence-electron chi connectivity index (χ3n) is 5.65. The molecule has 0 spiro atoms. The largest absolute Gasteiger partial charge is 0.595 e. The van der Waals surface area contributed by atoms with E-state index in [0.29, 0.717) is 12.2 Å². The number of benzene rings is 2. The second-order valence-corrected chi connectivity index (χ2v) is 7.66. The smallest absolute Gasteiger partial charge is 0.189 e. The van der Waals surface area contributed by atoms with E-state index in [1.807, 2.05) is 19.9 Å². The molecule has 1 unspecified atom stereocenters. The number of nitrogens with one attached hydrogen (secondary N) is 2. The van der Waals surface area contributed by atoms with Crippen molar-refractivity contribution in [3.8, 4) is 5.69 Å². The predicted octanol–water partition coefficient (Wildman–Crippen LogP) is 3.23. The molecule has 0 fully saturated rings. The molecule has 0 bridgehead atoms. The Hall–Kier alpha value is -2.84. The van der Waals surface area contributed by atoms with E-state index in [4.69, 9.17) is 0 Å². The standard InChI is InChI=1S/C23H25FN4O2/c1-15-23(16(2)27(26-15)21-5-3-4-6-22(21)28(29)30)18-9-12-20(13-18)25-14-17-7-10-19(24)11-8-17/h3-12,18,20,25,28-29H,13-14H2,1-2H3/t18-,20+/m0/s1. The number of para-hydroxylation sites is 2. The maximum atomic E-state index is 13.1. The highest BCUT2D eigenvalue weighted by molar-refractivity contribution is 5.53. The van der Waals surface area contributed by atoms with Crippen molar-refractivity contribution in [1.29, 1.82) is 0 Å². The summed E-state index contributed by atoms with van der Waals surface area (Å²) in [5.41, 5.74) is 4.84. The molecule has 1 aliphatic rings. The molecule has 1 aromatic heterocycles. The van der Waals surface area contributed by atoms with Gasteiger partial charge >= 0.3 is 0 Å². The molecule has 0 radical (unpaired) electrons. The van der Waals surface area contributed by atoms with E-state index < -0.39 is 5.23 Å². The highest BCUT2D eigenvalue weighted by atomic mass is 19.1. The molecule has 6 nitrogen and oxygen atoms in total. The summed E-state index contributed by atoms with van der Waals surface area (Å²) in [6, 6.07) is 13.7. The zero-order chi connectivity index (χ0) is 21.3. The Kier molecular flexibility index (Phi) is 5.78. The Balaban J connectivity index is 1.51. The van der Waals surface area contributed by atoms with Crippen LogP contribution in [0.4, 0.5) is 10.1 Å². The number of aromatic nitrogens is 2. The zero-order valence-electron chi connectivity index (χ0n) is 17.0. The van der Waals surface area contributed by atoms with E-state index in [1.54, 1.807) is 35.0 Å². The quantitative estimate of drug-likeness (QED) is 0.432. The van der Waals surface area contributed by atoms with Gasteiger partial charge in [-0.3, -0.25) is 0 Å². The molecular formula is C23H25FN4O2. The Labute approximate surface area is 174 Å². The van der Waals surface area contributed by atoms with Crippen LogP contribution in [0.25, 0.3) is 5.69 Å². The maximum absolute atomic E-state index is 13.1. The number of nitrogens with zero attached hydrogens (tertiary/aromatic N) is 2. The summed E-state index contributed by atoms with van der Waals surface area (Å²) in [5, 5.41) is 28.3. The van der Waals surface area contributed by atoms with E-state index in [9.17, 15) is 14.8 Å². The van der Waals surface area contributed by atoms with Crippen LogP contribution in [0.15, 0.2) is 60.7 Å². The van der Waals surface area contributed by atoms with Gasteiger partial charge in [0.15, 0.2) is 5.69 Å². The Bertz CT molecular complexity index is 1060.